The fourth-order valence-corrected chi connectivity index (χ4v) is 5.15. The summed E-state index contributed by atoms with van der Waals surface area (Å²) in [6.07, 6.45) is 0.306. The molecule has 9 nitrogen and oxygen atoms in total. The maximum atomic E-state index is 13.1. The molecule has 0 spiro atoms. The highest BCUT2D eigenvalue weighted by Gasteiger charge is 2.59. The highest BCUT2D eigenvalue weighted by atomic mass is 32.2. The van der Waals surface area contributed by atoms with Gasteiger partial charge >= 0.3 is 24.2 Å². The number of amides is 4. The largest absolute Gasteiger partial charge is 0.481 e. The summed E-state index contributed by atoms with van der Waals surface area (Å²) in [6.45, 7) is 10.3. The first-order chi connectivity index (χ1) is 13.7. The molecule has 2 unspecified atom stereocenters. The number of unbranched alkanes of at least 4 members (excludes halogenated alkanes) is 1. The molecule has 0 aromatic carbocycles. The van der Waals surface area contributed by atoms with Gasteiger partial charge in [0.05, 0.1) is 12.1 Å². The van der Waals surface area contributed by atoms with Crippen molar-refractivity contribution in [3.63, 3.8) is 0 Å². The van der Waals surface area contributed by atoms with Crippen LogP contribution in [0.4, 0.5) is 14.4 Å². The number of thioether (sulfide) groups is 1. The summed E-state index contributed by atoms with van der Waals surface area (Å²) in [5.74, 6) is -0.368. The zero-order chi connectivity index (χ0) is 22.9. The smallest absolute Gasteiger partial charge is 0.418 e. The number of ether oxygens (including phenoxy) is 2. The first-order valence-electron chi connectivity index (χ1n) is 10.1. The number of hydrogen-bond acceptors (Lipinski definition) is 7. The zero-order valence-electron chi connectivity index (χ0n) is 18.5. The molecule has 2 fully saturated rings. The highest BCUT2D eigenvalue weighted by Crippen LogP contribution is 2.42. The van der Waals surface area contributed by atoms with Crippen LogP contribution in [0.5, 0.6) is 0 Å². The number of aliphatic carboxylic acids is 1. The third-order valence-electron chi connectivity index (χ3n) is 4.61. The molecule has 0 aliphatic carbocycles. The number of nitrogens with zero attached hydrogens (tertiary/aromatic N) is 2. The lowest BCUT2D eigenvalue weighted by Crippen LogP contribution is -2.47. The quantitative estimate of drug-likeness (QED) is 0.498. The molecule has 1 N–H and O–H groups in total. The lowest BCUT2D eigenvalue weighted by Gasteiger charge is -2.28. The Balaban J connectivity index is 2.24. The fraction of sp³-hybridized carbons (Fsp3) is 0.800. The Hall–Kier alpha value is -1.97. The van der Waals surface area contributed by atoms with Crippen molar-refractivity contribution in [3.8, 4) is 0 Å². The highest BCUT2D eigenvalue weighted by molar-refractivity contribution is 8.00. The van der Waals surface area contributed by atoms with E-state index in [1.807, 2.05) is 0 Å². The molecule has 2 heterocycles. The average Bonchev–Trinajstić information content (AvgIpc) is 3.04. The molecular formula is C20H32N2O7S. The van der Waals surface area contributed by atoms with Gasteiger partial charge in [-0.2, -0.15) is 11.8 Å². The molecule has 0 aromatic heterocycles. The molecule has 30 heavy (non-hydrogen) atoms. The van der Waals surface area contributed by atoms with Gasteiger partial charge in [-0.1, -0.05) is 6.42 Å². The normalized spacial score (nSPS) is 24.1. The van der Waals surface area contributed by atoms with Crippen molar-refractivity contribution >= 4 is 35.9 Å². The van der Waals surface area contributed by atoms with Crippen molar-refractivity contribution in [1.29, 1.82) is 0 Å². The summed E-state index contributed by atoms with van der Waals surface area (Å²) in [6, 6.07) is -1.77. The summed E-state index contributed by atoms with van der Waals surface area (Å²) in [7, 11) is 0. The SMILES string of the molecule is CC(C)(C)OC(=O)N1C(=O)N(C(=O)OC(C)(C)C)C2C1CS[C@H]2CCCCC(=O)O. The van der Waals surface area contributed by atoms with Crippen LogP contribution >= 0.6 is 11.8 Å². The third kappa shape index (κ3) is 6.02. The van der Waals surface area contributed by atoms with E-state index in [1.165, 1.54) is 0 Å². The maximum absolute atomic E-state index is 13.1. The third-order valence-corrected chi connectivity index (χ3v) is 6.08. The Bertz CT molecular complexity index is 698. The molecule has 2 aliphatic rings. The molecule has 170 valence electrons. The van der Waals surface area contributed by atoms with Crippen molar-refractivity contribution in [3.05, 3.63) is 0 Å². The van der Waals surface area contributed by atoms with Gasteiger partial charge in [-0.3, -0.25) is 4.79 Å². The van der Waals surface area contributed by atoms with Crippen molar-refractivity contribution < 1.29 is 33.8 Å². The number of hydrogen-bond donors (Lipinski definition) is 1. The molecule has 4 amide bonds. The van der Waals surface area contributed by atoms with E-state index in [-0.39, 0.29) is 11.7 Å². The van der Waals surface area contributed by atoms with E-state index < -0.39 is 47.5 Å². The number of imide groups is 2. The van der Waals surface area contributed by atoms with E-state index in [2.05, 4.69) is 0 Å². The monoisotopic (exact) mass is 444 g/mol. The molecule has 0 bridgehead atoms. The zero-order valence-corrected chi connectivity index (χ0v) is 19.3. The van der Waals surface area contributed by atoms with Crippen LogP contribution in [-0.2, 0) is 14.3 Å². The van der Waals surface area contributed by atoms with Gasteiger partial charge in [0.15, 0.2) is 0 Å². The fourth-order valence-electron chi connectivity index (χ4n) is 3.53. The van der Waals surface area contributed by atoms with Gasteiger partial charge in [0.25, 0.3) is 0 Å². The van der Waals surface area contributed by atoms with Gasteiger partial charge in [0.1, 0.15) is 11.2 Å². The van der Waals surface area contributed by atoms with Crippen molar-refractivity contribution in [1.82, 2.24) is 9.80 Å². The van der Waals surface area contributed by atoms with Gasteiger partial charge < -0.3 is 14.6 Å². The second-order valence-corrected chi connectivity index (χ2v) is 10.8. The van der Waals surface area contributed by atoms with E-state index in [1.54, 1.807) is 53.3 Å². The van der Waals surface area contributed by atoms with Crippen LogP contribution < -0.4 is 0 Å². The topological polar surface area (TPSA) is 113 Å². The number of rotatable bonds is 5. The van der Waals surface area contributed by atoms with E-state index >= 15 is 0 Å². The van der Waals surface area contributed by atoms with Crippen molar-refractivity contribution in [2.45, 2.75) is 95.8 Å². The molecule has 3 atom stereocenters. The molecule has 0 saturated carbocycles. The number of carbonyl (C=O) groups excluding carboxylic acids is 3. The number of carboxylic acid groups (broad SMARTS) is 1. The number of carbonyl (C=O) groups is 4. The standard InChI is InChI=1S/C20H32N2O7S/c1-19(2,3)28-17(26)21-12-11-30-13(9-7-8-10-14(23)24)15(12)22(16(21)25)18(27)29-20(4,5)6/h12-13,15H,7-11H2,1-6H3,(H,23,24)/t12?,13-,15?/m0/s1. The number of urea groups is 1. The molecule has 2 aliphatic heterocycles. The maximum Gasteiger partial charge on any atom is 0.418 e. The van der Waals surface area contributed by atoms with Crippen LogP contribution in [0.2, 0.25) is 0 Å². The van der Waals surface area contributed by atoms with Crippen LogP contribution in [-0.4, -0.2) is 73.4 Å². The van der Waals surface area contributed by atoms with E-state index in [0.29, 0.717) is 25.0 Å². The summed E-state index contributed by atoms with van der Waals surface area (Å²) >= 11 is 1.58. The Morgan fingerprint density at radius 2 is 1.53 bits per heavy atom. The van der Waals surface area contributed by atoms with E-state index in [4.69, 9.17) is 14.6 Å². The molecule has 10 heteroatoms. The lowest BCUT2D eigenvalue weighted by atomic mass is 10.0. The minimum atomic E-state index is -0.852. The van der Waals surface area contributed by atoms with Gasteiger partial charge in [-0.15, -0.1) is 0 Å². The number of fused-ring (bicyclic) bond motifs is 1. The Kier molecular flexibility index (Phi) is 7.32. The molecule has 0 radical (unpaired) electrons. The van der Waals surface area contributed by atoms with Crippen molar-refractivity contribution in [2.75, 3.05) is 5.75 Å². The summed E-state index contributed by atoms with van der Waals surface area (Å²) in [4.78, 5) is 51.5. The molecule has 2 saturated heterocycles. The first kappa shape index (κ1) is 24.3. The van der Waals surface area contributed by atoms with Crippen LogP contribution in [0.25, 0.3) is 0 Å². The van der Waals surface area contributed by atoms with Gasteiger partial charge in [-0.25, -0.2) is 24.2 Å². The Labute approximate surface area is 181 Å². The van der Waals surface area contributed by atoms with Gasteiger partial charge in [-0.05, 0) is 54.4 Å². The van der Waals surface area contributed by atoms with Crippen LogP contribution in [0.1, 0.15) is 67.2 Å². The second-order valence-electron chi connectivity index (χ2n) is 9.55. The lowest BCUT2D eigenvalue weighted by molar-refractivity contribution is -0.137. The average molecular weight is 445 g/mol. The van der Waals surface area contributed by atoms with Crippen LogP contribution in [0.3, 0.4) is 0 Å². The first-order valence-corrected chi connectivity index (χ1v) is 11.2. The van der Waals surface area contributed by atoms with Crippen LogP contribution in [0.15, 0.2) is 0 Å². The molecule has 2 rings (SSSR count). The molecule has 0 aromatic rings. The molecular weight excluding hydrogens is 412 g/mol. The van der Waals surface area contributed by atoms with Gasteiger partial charge in [0.2, 0.25) is 0 Å². The van der Waals surface area contributed by atoms with Crippen molar-refractivity contribution in [2.24, 2.45) is 0 Å². The predicted molar refractivity (Wildman–Crippen MR) is 111 cm³/mol. The Morgan fingerprint density at radius 1 is 1.00 bits per heavy atom. The minimum Gasteiger partial charge on any atom is -0.481 e. The second kappa shape index (κ2) is 9.03. The minimum absolute atomic E-state index is 0.0736. The summed E-state index contributed by atoms with van der Waals surface area (Å²) in [5, 5.41) is 8.72. The van der Waals surface area contributed by atoms with Crippen LogP contribution in [0, 0.1) is 0 Å². The van der Waals surface area contributed by atoms with E-state index in [0.717, 1.165) is 9.80 Å². The Morgan fingerprint density at radius 3 is 2.03 bits per heavy atom. The summed E-state index contributed by atoms with van der Waals surface area (Å²) in [5.41, 5.74) is -1.58. The summed E-state index contributed by atoms with van der Waals surface area (Å²) < 4.78 is 10.8. The predicted octanol–water partition coefficient (Wildman–Crippen LogP) is 4.09. The number of carboxylic acids is 1. The van der Waals surface area contributed by atoms with E-state index in [9.17, 15) is 19.2 Å². The van der Waals surface area contributed by atoms with Gasteiger partial charge in [0, 0.05) is 17.4 Å².